The summed E-state index contributed by atoms with van der Waals surface area (Å²) in [7, 11) is 4.66. The molecule has 0 aliphatic heterocycles. The van der Waals surface area contributed by atoms with Gasteiger partial charge in [-0.1, -0.05) is 18.2 Å². The minimum atomic E-state index is -0.412. The average molecular weight is 352 g/mol. The number of esters is 1. The van der Waals surface area contributed by atoms with Gasteiger partial charge < -0.3 is 15.0 Å². The molecule has 2 amide bonds. The van der Waals surface area contributed by atoms with E-state index in [1.807, 2.05) is 0 Å². The van der Waals surface area contributed by atoms with Crippen LogP contribution >= 0.6 is 0 Å². The number of amides is 2. The van der Waals surface area contributed by atoms with Crippen molar-refractivity contribution in [1.82, 2.24) is 4.90 Å². The van der Waals surface area contributed by atoms with Gasteiger partial charge in [0.2, 0.25) is 5.91 Å². The second-order valence-corrected chi connectivity index (χ2v) is 5.72. The lowest BCUT2D eigenvalue weighted by atomic mass is 10.1. The molecule has 0 bridgehead atoms. The number of ether oxygens (including phenoxy) is 1. The molecule has 134 valence electrons. The van der Waals surface area contributed by atoms with Crippen LogP contribution in [0.1, 0.15) is 26.3 Å². The van der Waals surface area contributed by atoms with Crippen molar-refractivity contribution in [3.05, 3.63) is 71.3 Å². The fraction of sp³-hybridized carbons (Fsp3) is 0.150. The second kappa shape index (κ2) is 8.62. The topological polar surface area (TPSA) is 75.7 Å². The van der Waals surface area contributed by atoms with Crippen molar-refractivity contribution in [1.29, 1.82) is 0 Å². The third-order valence-corrected chi connectivity index (χ3v) is 3.54. The summed E-state index contributed by atoms with van der Waals surface area (Å²) >= 11 is 0. The second-order valence-electron chi connectivity index (χ2n) is 5.72. The fourth-order valence-corrected chi connectivity index (χ4v) is 2.19. The summed E-state index contributed by atoms with van der Waals surface area (Å²) in [6.07, 6.45) is 3.01. The highest BCUT2D eigenvalue weighted by Crippen LogP contribution is 2.13. The number of carbonyl (C=O) groups is 3. The van der Waals surface area contributed by atoms with Gasteiger partial charge in [0.1, 0.15) is 0 Å². The Kier molecular flexibility index (Phi) is 6.27. The Bertz CT molecular complexity index is 839. The van der Waals surface area contributed by atoms with Crippen LogP contribution in [0.3, 0.4) is 0 Å². The van der Waals surface area contributed by atoms with Crippen LogP contribution in [0.2, 0.25) is 0 Å². The molecule has 1 N–H and O–H groups in total. The van der Waals surface area contributed by atoms with Crippen molar-refractivity contribution in [2.75, 3.05) is 26.5 Å². The summed E-state index contributed by atoms with van der Waals surface area (Å²) < 4.78 is 4.63. The van der Waals surface area contributed by atoms with E-state index in [0.29, 0.717) is 16.8 Å². The molecule has 26 heavy (non-hydrogen) atoms. The van der Waals surface area contributed by atoms with Crippen molar-refractivity contribution in [3.8, 4) is 0 Å². The average Bonchev–Trinajstić information content (AvgIpc) is 2.65. The number of methoxy groups -OCH3 is 1. The molecule has 0 atom stereocenters. The maximum atomic E-state index is 12.1. The van der Waals surface area contributed by atoms with Crippen LogP contribution in [0.15, 0.2) is 54.6 Å². The number of hydrogen-bond acceptors (Lipinski definition) is 4. The number of hydrogen-bond donors (Lipinski definition) is 1. The summed E-state index contributed by atoms with van der Waals surface area (Å²) in [6.45, 7) is 0. The Morgan fingerprint density at radius 1 is 1.00 bits per heavy atom. The number of nitrogens with one attached hydrogen (secondary N) is 1. The first-order valence-electron chi connectivity index (χ1n) is 7.90. The smallest absolute Gasteiger partial charge is 0.337 e. The molecule has 0 aromatic heterocycles. The minimum absolute atomic E-state index is 0.137. The van der Waals surface area contributed by atoms with E-state index in [1.165, 1.54) is 18.1 Å². The molecule has 0 aliphatic rings. The molecular formula is C20H20N2O4. The Morgan fingerprint density at radius 2 is 1.69 bits per heavy atom. The molecule has 0 unspecified atom stereocenters. The third kappa shape index (κ3) is 5.04. The molecule has 2 aromatic carbocycles. The number of rotatable bonds is 5. The molecule has 0 radical (unpaired) electrons. The zero-order chi connectivity index (χ0) is 19.1. The summed E-state index contributed by atoms with van der Waals surface area (Å²) in [5, 5.41) is 2.71. The Hall–Kier alpha value is -3.41. The van der Waals surface area contributed by atoms with Gasteiger partial charge in [0.05, 0.1) is 12.7 Å². The highest BCUT2D eigenvalue weighted by atomic mass is 16.5. The Labute approximate surface area is 152 Å². The summed E-state index contributed by atoms with van der Waals surface area (Å²) in [5.74, 6) is -0.871. The molecule has 0 fully saturated rings. The highest BCUT2D eigenvalue weighted by molar-refractivity contribution is 6.03. The lowest BCUT2D eigenvalue weighted by Gasteiger charge is -2.11. The largest absolute Gasteiger partial charge is 0.465 e. The van der Waals surface area contributed by atoms with Crippen molar-refractivity contribution in [3.63, 3.8) is 0 Å². The van der Waals surface area contributed by atoms with E-state index < -0.39 is 5.97 Å². The van der Waals surface area contributed by atoms with Gasteiger partial charge in [-0.2, -0.15) is 0 Å². The molecule has 2 rings (SSSR count). The van der Waals surface area contributed by atoms with Gasteiger partial charge in [-0.15, -0.1) is 0 Å². The molecule has 6 nitrogen and oxygen atoms in total. The molecule has 0 heterocycles. The number of benzene rings is 2. The van der Waals surface area contributed by atoms with Gasteiger partial charge in [0.15, 0.2) is 0 Å². The predicted octanol–water partition coefficient (Wildman–Crippen LogP) is 2.83. The van der Waals surface area contributed by atoms with E-state index in [0.717, 1.165) is 5.56 Å². The van der Waals surface area contributed by atoms with Gasteiger partial charge in [-0.3, -0.25) is 9.59 Å². The summed E-state index contributed by atoms with van der Waals surface area (Å²) in [5.41, 5.74) is 2.24. The minimum Gasteiger partial charge on any atom is -0.465 e. The van der Waals surface area contributed by atoms with Gasteiger partial charge in [-0.05, 0) is 42.0 Å². The predicted molar refractivity (Wildman–Crippen MR) is 99.9 cm³/mol. The lowest BCUT2D eigenvalue weighted by Crippen LogP contribution is -2.21. The van der Waals surface area contributed by atoms with Crippen LogP contribution in [0.25, 0.3) is 6.08 Å². The van der Waals surface area contributed by atoms with Crippen LogP contribution in [-0.4, -0.2) is 43.9 Å². The van der Waals surface area contributed by atoms with E-state index in [9.17, 15) is 14.4 Å². The monoisotopic (exact) mass is 352 g/mol. The normalized spacial score (nSPS) is 10.4. The van der Waals surface area contributed by atoms with Gasteiger partial charge in [-0.25, -0.2) is 4.79 Å². The van der Waals surface area contributed by atoms with E-state index in [2.05, 4.69) is 10.1 Å². The van der Waals surface area contributed by atoms with Gasteiger partial charge >= 0.3 is 5.97 Å². The first-order chi connectivity index (χ1) is 12.4. The van der Waals surface area contributed by atoms with E-state index in [-0.39, 0.29) is 11.8 Å². The molecule has 6 heteroatoms. The molecule has 0 aliphatic carbocycles. The van der Waals surface area contributed by atoms with E-state index in [4.69, 9.17) is 0 Å². The number of carbonyl (C=O) groups excluding carboxylic acids is 3. The van der Waals surface area contributed by atoms with Crippen LogP contribution in [0.5, 0.6) is 0 Å². The van der Waals surface area contributed by atoms with E-state index in [1.54, 1.807) is 68.7 Å². The number of anilines is 1. The first-order valence-corrected chi connectivity index (χ1v) is 7.90. The quantitative estimate of drug-likeness (QED) is 0.663. The lowest BCUT2D eigenvalue weighted by molar-refractivity contribution is -0.111. The highest BCUT2D eigenvalue weighted by Gasteiger charge is 2.09. The standard InChI is InChI=1S/C20H20N2O4/c1-22(2)19(24)16-5-4-6-17(13-16)21-18(23)12-9-14-7-10-15(11-8-14)20(25)26-3/h4-13H,1-3H3,(H,21,23)/b12-9+. The van der Waals surface area contributed by atoms with Crippen LogP contribution in [0.4, 0.5) is 5.69 Å². The summed E-state index contributed by atoms with van der Waals surface area (Å²) in [6, 6.07) is 13.4. The zero-order valence-electron chi connectivity index (χ0n) is 14.9. The Morgan fingerprint density at radius 3 is 2.31 bits per heavy atom. The maximum absolute atomic E-state index is 12.1. The zero-order valence-corrected chi connectivity index (χ0v) is 14.9. The van der Waals surface area contributed by atoms with Crippen LogP contribution in [-0.2, 0) is 9.53 Å². The van der Waals surface area contributed by atoms with Crippen molar-refractivity contribution in [2.45, 2.75) is 0 Å². The van der Waals surface area contributed by atoms with Gasteiger partial charge in [0, 0.05) is 31.4 Å². The Balaban J connectivity index is 2.02. The molecule has 0 spiro atoms. The third-order valence-electron chi connectivity index (χ3n) is 3.54. The summed E-state index contributed by atoms with van der Waals surface area (Å²) in [4.78, 5) is 36.9. The number of nitrogens with zero attached hydrogens (tertiary/aromatic N) is 1. The van der Waals surface area contributed by atoms with Gasteiger partial charge in [0.25, 0.3) is 5.91 Å². The van der Waals surface area contributed by atoms with Crippen LogP contribution < -0.4 is 5.32 Å². The molecule has 2 aromatic rings. The fourth-order valence-electron chi connectivity index (χ4n) is 2.19. The molecular weight excluding hydrogens is 332 g/mol. The van der Waals surface area contributed by atoms with Crippen molar-refractivity contribution >= 4 is 29.5 Å². The van der Waals surface area contributed by atoms with Crippen molar-refractivity contribution in [2.24, 2.45) is 0 Å². The first kappa shape index (κ1) is 18.9. The SMILES string of the molecule is COC(=O)c1ccc(/C=C/C(=O)Nc2cccc(C(=O)N(C)C)c2)cc1. The molecule has 0 saturated carbocycles. The van der Waals surface area contributed by atoms with Crippen molar-refractivity contribution < 1.29 is 19.1 Å². The van der Waals surface area contributed by atoms with Crippen LogP contribution in [0, 0.1) is 0 Å². The maximum Gasteiger partial charge on any atom is 0.337 e. The molecule has 0 saturated heterocycles. The van der Waals surface area contributed by atoms with E-state index >= 15 is 0 Å².